The third kappa shape index (κ3) is 3.97. The number of aromatic nitrogens is 3. The van der Waals surface area contributed by atoms with Crippen molar-refractivity contribution in [1.82, 2.24) is 25.2 Å². The first-order valence-electron chi connectivity index (χ1n) is 8.03. The molecule has 8 heteroatoms. The number of rotatable bonds is 5. The van der Waals surface area contributed by atoms with Gasteiger partial charge < -0.3 is 19.9 Å². The maximum atomic E-state index is 12.5. The Bertz CT molecular complexity index is 664. The molecular formula is C16H20ClN5O2. The molecule has 0 saturated carbocycles. The zero-order valence-electron chi connectivity index (χ0n) is 13.2. The number of ether oxygens (including phenoxy) is 1. The fourth-order valence-electron chi connectivity index (χ4n) is 2.80. The molecule has 2 aromatic heterocycles. The van der Waals surface area contributed by atoms with Gasteiger partial charge in [-0.25, -0.2) is 14.8 Å². The molecule has 0 spiro atoms. The predicted octanol–water partition coefficient (Wildman–Crippen LogP) is 2.77. The minimum Gasteiger partial charge on any atom is -0.475 e. The van der Waals surface area contributed by atoms with Gasteiger partial charge in [-0.3, -0.25) is 0 Å². The maximum absolute atomic E-state index is 12.5. The molecule has 3 heterocycles. The number of nitrogens with one attached hydrogen (secondary N) is 2. The van der Waals surface area contributed by atoms with Crippen molar-refractivity contribution in [1.29, 1.82) is 0 Å². The monoisotopic (exact) mass is 349 g/mol. The van der Waals surface area contributed by atoms with Crippen LogP contribution in [-0.2, 0) is 0 Å². The summed E-state index contributed by atoms with van der Waals surface area (Å²) in [5.74, 6) is 1.21. The topological polar surface area (TPSA) is 83.1 Å². The summed E-state index contributed by atoms with van der Waals surface area (Å²) in [7, 11) is 0. The summed E-state index contributed by atoms with van der Waals surface area (Å²) in [6, 6.07) is 3.35. The maximum Gasteiger partial charge on any atom is 0.318 e. The second kappa shape index (κ2) is 8.01. The average Bonchev–Trinajstić information content (AvgIpc) is 3.14. The Balaban J connectivity index is 1.49. The summed E-state index contributed by atoms with van der Waals surface area (Å²) in [4.78, 5) is 25.7. The van der Waals surface area contributed by atoms with Crippen molar-refractivity contribution >= 4 is 17.6 Å². The number of hydrogen-bond donors (Lipinski definition) is 2. The van der Waals surface area contributed by atoms with E-state index < -0.39 is 0 Å². The molecule has 1 saturated heterocycles. The van der Waals surface area contributed by atoms with Gasteiger partial charge in [-0.05, 0) is 31.4 Å². The van der Waals surface area contributed by atoms with Crippen molar-refractivity contribution in [3.63, 3.8) is 0 Å². The Labute approximate surface area is 145 Å². The van der Waals surface area contributed by atoms with Crippen LogP contribution in [0.5, 0.6) is 5.88 Å². The number of aromatic amines is 1. The Morgan fingerprint density at radius 3 is 3.12 bits per heavy atom. The lowest BCUT2D eigenvalue weighted by Crippen LogP contribution is -2.45. The van der Waals surface area contributed by atoms with E-state index in [-0.39, 0.29) is 12.1 Å². The minimum absolute atomic E-state index is 0.0000900. The fourth-order valence-corrected chi connectivity index (χ4v) is 2.98. The number of piperidine rings is 1. The number of amides is 2. The highest BCUT2D eigenvalue weighted by atomic mass is 35.5. The number of pyridine rings is 1. The van der Waals surface area contributed by atoms with Gasteiger partial charge >= 0.3 is 6.03 Å². The molecule has 0 radical (unpaired) electrons. The minimum atomic E-state index is -0.105. The second-order valence-electron chi connectivity index (χ2n) is 5.55. The molecule has 2 amide bonds. The molecule has 1 aliphatic rings. The first kappa shape index (κ1) is 16.6. The normalized spacial score (nSPS) is 17.5. The third-order valence-electron chi connectivity index (χ3n) is 3.94. The molecule has 0 aromatic carbocycles. The molecule has 2 aromatic rings. The van der Waals surface area contributed by atoms with Gasteiger partial charge in [0.1, 0.15) is 17.5 Å². The van der Waals surface area contributed by atoms with Crippen molar-refractivity contribution in [2.24, 2.45) is 0 Å². The van der Waals surface area contributed by atoms with E-state index >= 15 is 0 Å². The highest BCUT2D eigenvalue weighted by molar-refractivity contribution is 6.31. The smallest absolute Gasteiger partial charge is 0.318 e. The number of H-pyrrole nitrogens is 1. The van der Waals surface area contributed by atoms with Crippen LogP contribution in [0.25, 0.3) is 0 Å². The number of halogens is 1. The van der Waals surface area contributed by atoms with Crippen molar-refractivity contribution in [2.75, 3.05) is 19.7 Å². The summed E-state index contributed by atoms with van der Waals surface area (Å²) in [5, 5.41) is 3.34. The lowest BCUT2D eigenvalue weighted by Gasteiger charge is -2.34. The zero-order valence-corrected chi connectivity index (χ0v) is 14.0. The summed E-state index contributed by atoms with van der Waals surface area (Å²) < 4.78 is 5.48. The van der Waals surface area contributed by atoms with Gasteiger partial charge in [0.2, 0.25) is 5.88 Å². The molecule has 0 bridgehead atoms. The van der Waals surface area contributed by atoms with Gasteiger partial charge in [0.05, 0.1) is 12.6 Å². The van der Waals surface area contributed by atoms with Crippen LogP contribution in [0.1, 0.15) is 31.1 Å². The number of urea groups is 1. The van der Waals surface area contributed by atoms with Crippen LogP contribution in [-0.4, -0.2) is 45.6 Å². The van der Waals surface area contributed by atoms with E-state index in [0.717, 1.165) is 31.6 Å². The first-order chi connectivity index (χ1) is 11.8. The van der Waals surface area contributed by atoms with Crippen LogP contribution in [0, 0.1) is 0 Å². The van der Waals surface area contributed by atoms with Gasteiger partial charge in [0, 0.05) is 25.1 Å². The Hall–Kier alpha value is -2.28. The lowest BCUT2D eigenvalue weighted by molar-refractivity contribution is 0.146. The van der Waals surface area contributed by atoms with Gasteiger partial charge in [-0.2, -0.15) is 0 Å². The van der Waals surface area contributed by atoms with Crippen LogP contribution >= 0.6 is 11.6 Å². The van der Waals surface area contributed by atoms with E-state index in [2.05, 4.69) is 20.3 Å². The Morgan fingerprint density at radius 1 is 1.42 bits per heavy atom. The highest BCUT2D eigenvalue weighted by Gasteiger charge is 2.29. The molecule has 7 nitrogen and oxygen atoms in total. The predicted molar refractivity (Wildman–Crippen MR) is 90.0 cm³/mol. The molecule has 1 fully saturated rings. The molecule has 1 aliphatic heterocycles. The number of carbonyl (C=O) groups is 1. The van der Waals surface area contributed by atoms with Crippen LogP contribution in [0.4, 0.5) is 4.79 Å². The van der Waals surface area contributed by atoms with E-state index in [9.17, 15) is 4.79 Å². The average molecular weight is 350 g/mol. The van der Waals surface area contributed by atoms with Crippen molar-refractivity contribution < 1.29 is 9.53 Å². The lowest BCUT2D eigenvalue weighted by atomic mass is 10.0. The van der Waals surface area contributed by atoms with Crippen molar-refractivity contribution in [2.45, 2.75) is 25.3 Å². The van der Waals surface area contributed by atoms with Crippen LogP contribution in [0.15, 0.2) is 30.7 Å². The SMILES string of the molecule is O=C(NCCOc1ncccc1Cl)N1CCCC[C@H]1c1ncc[nH]1. The number of nitrogens with zero attached hydrogens (tertiary/aromatic N) is 3. The largest absolute Gasteiger partial charge is 0.475 e. The van der Waals surface area contributed by atoms with E-state index in [4.69, 9.17) is 16.3 Å². The van der Waals surface area contributed by atoms with Crippen LogP contribution < -0.4 is 10.1 Å². The third-order valence-corrected chi connectivity index (χ3v) is 4.23. The van der Waals surface area contributed by atoms with E-state index in [1.165, 1.54) is 0 Å². The van der Waals surface area contributed by atoms with E-state index in [1.807, 2.05) is 4.90 Å². The summed E-state index contributed by atoms with van der Waals surface area (Å²) in [6.45, 7) is 1.42. The molecule has 24 heavy (non-hydrogen) atoms. The van der Waals surface area contributed by atoms with E-state index in [1.54, 1.807) is 30.7 Å². The van der Waals surface area contributed by atoms with Crippen LogP contribution in [0.2, 0.25) is 5.02 Å². The van der Waals surface area contributed by atoms with Gasteiger partial charge in [-0.15, -0.1) is 0 Å². The molecule has 3 rings (SSSR count). The zero-order chi connectivity index (χ0) is 16.8. The molecule has 128 valence electrons. The first-order valence-corrected chi connectivity index (χ1v) is 8.40. The number of imidazole rings is 1. The highest BCUT2D eigenvalue weighted by Crippen LogP contribution is 2.28. The summed E-state index contributed by atoms with van der Waals surface area (Å²) in [5.41, 5.74) is 0. The summed E-state index contributed by atoms with van der Waals surface area (Å²) >= 11 is 5.97. The Morgan fingerprint density at radius 2 is 2.33 bits per heavy atom. The standard InChI is InChI=1S/C16H20ClN5O2/c17-12-4-3-6-20-15(12)24-11-9-21-16(23)22-10-2-1-5-13(22)14-18-7-8-19-14/h3-4,6-8,13H,1-2,5,9-11H2,(H,18,19)(H,21,23)/t13-/m0/s1. The molecule has 1 atom stereocenters. The quantitative estimate of drug-likeness (QED) is 0.813. The van der Waals surface area contributed by atoms with Crippen molar-refractivity contribution in [3.05, 3.63) is 41.6 Å². The molecular weight excluding hydrogens is 330 g/mol. The fraction of sp³-hybridized carbons (Fsp3) is 0.438. The molecule has 0 aliphatic carbocycles. The number of hydrogen-bond acceptors (Lipinski definition) is 4. The number of carbonyl (C=O) groups excluding carboxylic acids is 1. The molecule has 0 unspecified atom stereocenters. The Kier molecular flexibility index (Phi) is 5.53. The summed E-state index contributed by atoms with van der Waals surface area (Å²) in [6.07, 6.45) is 8.12. The second-order valence-corrected chi connectivity index (χ2v) is 5.96. The van der Waals surface area contributed by atoms with Gasteiger partial charge in [0.25, 0.3) is 0 Å². The van der Waals surface area contributed by atoms with Crippen LogP contribution in [0.3, 0.4) is 0 Å². The van der Waals surface area contributed by atoms with Gasteiger partial charge in [0.15, 0.2) is 0 Å². The van der Waals surface area contributed by atoms with E-state index in [0.29, 0.717) is 24.1 Å². The molecule has 2 N–H and O–H groups in total. The van der Waals surface area contributed by atoms with Gasteiger partial charge in [-0.1, -0.05) is 11.6 Å². The van der Waals surface area contributed by atoms with Crippen molar-refractivity contribution in [3.8, 4) is 5.88 Å². The number of likely N-dealkylation sites (tertiary alicyclic amines) is 1.